The van der Waals surface area contributed by atoms with E-state index >= 15 is 0 Å². The minimum atomic E-state index is 0.292. The SMILES string of the molecule is CCCCC(CC)(CNCC)COCc1ccccc1. The Morgan fingerprint density at radius 1 is 1.10 bits per heavy atom. The first kappa shape index (κ1) is 17.2. The molecule has 0 amide bonds. The summed E-state index contributed by atoms with van der Waals surface area (Å²) in [4.78, 5) is 0. The van der Waals surface area contributed by atoms with Crippen molar-refractivity contribution < 1.29 is 4.74 Å². The molecule has 1 N–H and O–H groups in total. The molecular weight excluding hydrogens is 246 g/mol. The van der Waals surface area contributed by atoms with Gasteiger partial charge in [0, 0.05) is 12.0 Å². The van der Waals surface area contributed by atoms with E-state index in [-0.39, 0.29) is 0 Å². The van der Waals surface area contributed by atoms with Gasteiger partial charge < -0.3 is 10.1 Å². The van der Waals surface area contributed by atoms with E-state index in [0.717, 1.165) is 26.3 Å². The molecule has 0 heterocycles. The van der Waals surface area contributed by atoms with Gasteiger partial charge in [0.15, 0.2) is 0 Å². The van der Waals surface area contributed by atoms with Crippen LogP contribution in [-0.2, 0) is 11.3 Å². The van der Waals surface area contributed by atoms with Crippen LogP contribution in [0.1, 0.15) is 52.0 Å². The van der Waals surface area contributed by atoms with Crippen LogP contribution in [0.5, 0.6) is 0 Å². The Hall–Kier alpha value is -0.860. The second-order valence-corrected chi connectivity index (χ2v) is 5.72. The zero-order valence-corrected chi connectivity index (χ0v) is 13.5. The lowest BCUT2D eigenvalue weighted by Gasteiger charge is -2.33. The Balaban J connectivity index is 2.49. The molecule has 0 radical (unpaired) electrons. The molecule has 0 aliphatic carbocycles. The molecule has 0 saturated carbocycles. The standard InChI is InChI=1S/C18H31NO/c1-4-7-13-18(5-2,15-19-6-3)16-20-14-17-11-9-8-10-12-17/h8-12,19H,4-7,13-16H2,1-3H3. The largest absolute Gasteiger partial charge is 0.376 e. The van der Waals surface area contributed by atoms with Gasteiger partial charge in [-0.2, -0.15) is 0 Å². The summed E-state index contributed by atoms with van der Waals surface area (Å²) in [6.07, 6.45) is 4.97. The number of ether oxygens (including phenoxy) is 1. The van der Waals surface area contributed by atoms with Crippen molar-refractivity contribution in [3.05, 3.63) is 35.9 Å². The van der Waals surface area contributed by atoms with E-state index in [2.05, 4.69) is 50.4 Å². The highest BCUT2D eigenvalue weighted by molar-refractivity contribution is 5.13. The Morgan fingerprint density at radius 3 is 2.45 bits per heavy atom. The van der Waals surface area contributed by atoms with Crippen LogP contribution in [0, 0.1) is 5.41 Å². The van der Waals surface area contributed by atoms with Crippen LogP contribution in [-0.4, -0.2) is 19.7 Å². The molecule has 0 aliphatic heterocycles. The van der Waals surface area contributed by atoms with Crippen molar-refractivity contribution in [2.45, 2.75) is 53.1 Å². The normalized spacial score (nSPS) is 14.2. The predicted molar refractivity (Wildman–Crippen MR) is 86.9 cm³/mol. The molecule has 1 rings (SSSR count). The van der Waals surface area contributed by atoms with E-state index < -0.39 is 0 Å². The fourth-order valence-electron chi connectivity index (χ4n) is 2.52. The van der Waals surface area contributed by atoms with Crippen LogP contribution in [0.25, 0.3) is 0 Å². The minimum absolute atomic E-state index is 0.292. The first-order chi connectivity index (χ1) is 9.76. The predicted octanol–water partition coefficient (Wildman–Crippen LogP) is 4.40. The Bertz CT molecular complexity index is 329. The van der Waals surface area contributed by atoms with Crippen molar-refractivity contribution in [3.8, 4) is 0 Å². The molecule has 1 atom stereocenters. The van der Waals surface area contributed by atoms with E-state index in [1.807, 2.05) is 6.07 Å². The quantitative estimate of drug-likeness (QED) is 0.647. The zero-order chi connectivity index (χ0) is 14.7. The highest BCUT2D eigenvalue weighted by atomic mass is 16.5. The second-order valence-electron chi connectivity index (χ2n) is 5.72. The van der Waals surface area contributed by atoms with Gasteiger partial charge in [-0.1, -0.05) is 63.9 Å². The zero-order valence-electron chi connectivity index (χ0n) is 13.5. The number of hydrogen-bond donors (Lipinski definition) is 1. The summed E-state index contributed by atoms with van der Waals surface area (Å²) in [5.74, 6) is 0. The van der Waals surface area contributed by atoms with Crippen LogP contribution in [0.15, 0.2) is 30.3 Å². The summed E-state index contributed by atoms with van der Waals surface area (Å²) in [6.45, 7) is 10.4. The van der Waals surface area contributed by atoms with Crippen molar-refractivity contribution in [1.29, 1.82) is 0 Å². The van der Waals surface area contributed by atoms with Crippen LogP contribution < -0.4 is 5.32 Å². The van der Waals surface area contributed by atoms with E-state index in [9.17, 15) is 0 Å². The molecule has 1 aromatic rings. The van der Waals surface area contributed by atoms with Crippen LogP contribution in [0.3, 0.4) is 0 Å². The van der Waals surface area contributed by atoms with Gasteiger partial charge in [0.2, 0.25) is 0 Å². The van der Waals surface area contributed by atoms with Crippen molar-refractivity contribution in [2.75, 3.05) is 19.7 Å². The van der Waals surface area contributed by atoms with Gasteiger partial charge in [-0.15, -0.1) is 0 Å². The summed E-state index contributed by atoms with van der Waals surface area (Å²) in [7, 11) is 0. The Labute approximate surface area is 124 Å². The van der Waals surface area contributed by atoms with E-state index in [1.165, 1.54) is 31.2 Å². The molecule has 0 spiro atoms. The topological polar surface area (TPSA) is 21.3 Å². The van der Waals surface area contributed by atoms with Crippen LogP contribution in [0.4, 0.5) is 0 Å². The lowest BCUT2D eigenvalue weighted by Crippen LogP contribution is -2.38. The summed E-state index contributed by atoms with van der Waals surface area (Å²) < 4.78 is 6.03. The second kappa shape index (κ2) is 9.95. The van der Waals surface area contributed by atoms with Gasteiger partial charge in [0.25, 0.3) is 0 Å². The van der Waals surface area contributed by atoms with Crippen molar-refractivity contribution in [2.24, 2.45) is 5.41 Å². The maximum Gasteiger partial charge on any atom is 0.0717 e. The van der Waals surface area contributed by atoms with Crippen molar-refractivity contribution in [1.82, 2.24) is 5.32 Å². The number of benzene rings is 1. The van der Waals surface area contributed by atoms with Gasteiger partial charge in [-0.3, -0.25) is 0 Å². The fraction of sp³-hybridized carbons (Fsp3) is 0.667. The molecule has 0 saturated heterocycles. The number of nitrogens with one attached hydrogen (secondary N) is 1. The van der Waals surface area contributed by atoms with Gasteiger partial charge in [-0.25, -0.2) is 0 Å². The number of unbranched alkanes of at least 4 members (excludes halogenated alkanes) is 1. The highest BCUT2D eigenvalue weighted by Crippen LogP contribution is 2.29. The molecule has 0 aliphatic rings. The summed E-state index contributed by atoms with van der Waals surface area (Å²) >= 11 is 0. The number of hydrogen-bond acceptors (Lipinski definition) is 2. The fourth-order valence-corrected chi connectivity index (χ4v) is 2.52. The Kier molecular flexibility index (Phi) is 8.56. The van der Waals surface area contributed by atoms with E-state index in [1.54, 1.807) is 0 Å². The Morgan fingerprint density at radius 2 is 1.85 bits per heavy atom. The van der Waals surface area contributed by atoms with Gasteiger partial charge in [0.05, 0.1) is 13.2 Å². The third kappa shape index (κ3) is 6.06. The van der Waals surface area contributed by atoms with Crippen LogP contribution in [0.2, 0.25) is 0 Å². The van der Waals surface area contributed by atoms with Gasteiger partial charge >= 0.3 is 0 Å². The third-order valence-electron chi connectivity index (χ3n) is 4.08. The average Bonchev–Trinajstić information content (AvgIpc) is 2.51. The average molecular weight is 277 g/mol. The monoisotopic (exact) mass is 277 g/mol. The first-order valence-corrected chi connectivity index (χ1v) is 8.08. The number of rotatable bonds is 11. The molecule has 0 fully saturated rings. The molecule has 20 heavy (non-hydrogen) atoms. The molecule has 0 bridgehead atoms. The summed E-state index contributed by atoms with van der Waals surface area (Å²) in [5.41, 5.74) is 1.55. The highest BCUT2D eigenvalue weighted by Gasteiger charge is 2.27. The maximum atomic E-state index is 6.03. The van der Waals surface area contributed by atoms with Gasteiger partial charge in [0.1, 0.15) is 0 Å². The molecule has 1 aromatic carbocycles. The maximum absolute atomic E-state index is 6.03. The summed E-state index contributed by atoms with van der Waals surface area (Å²) in [5, 5.41) is 3.52. The molecule has 114 valence electrons. The molecular formula is C18H31NO. The van der Waals surface area contributed by atoms with E-state index in [4.69, 9.17) is 4.74 Å². The smallest absolute Gasteiger partial charge is 0.0717 e. The van der Waals surface area contributed by atoms with Gasteiger partial charge in [-0.05, 0) is 24.9 Å². The third-order valence-corrected chi connectivity index (χ3v) is 4.08. The van der Waals surface area contributed by atoms with Crippen molar-refractivity contribution in [3.63, 3.8) is 0 Å². The molecule has 2 heteroatoms. The van der Waals surface area contributed by atoms with Crippen molar-refractivity contribution >= 4 is 0 Å². The van der Waals surface area contributed by atoms with Crippen LogP contribution >= 0.6 is 0 Å². The first-order valence-electron chi connectivity index (χ1n) is 8.08. The summed E-state index contributed by atoms with van der Waals surface area (Å²) in [6, 6.07) is 10.4. The minimum Gasteiger partial charge on any atom is -0.376 e. The lowest BCUT2D eigenvalue weighted by molar-refractivity contribution is 0.0244. The molecule has 2 nitrogen and oxygen atoms in total. The molecule has 0 aromatic heterocycles. The van der Waals surface area contributed by atoms with E-state index in [0.29, 0.717) is 5.41 Å². The lowest BCUT2D eigenvalue weighted by atomic mass is 9.81. The molecule has 1 unspecified atom stereocenters.